The van der Waals surface area contributed by atoms with E-state index in [0.717, 1.165) is 16.9 Å². The monoisotopic (exact) mass is 244 g/mol. The van der Waals surface area contributed by atoms with Crippen molar-refractivity contribution in [1.29, 1.82) is 0 Å². The zero-order chi connectivity index (χ0) is 12.1. The van der Waals surface area contributed by atoms with E-state index in [1.165, 1.54) is 0 Å². The van der Waals surface area contributed by atoms with Crippen LogP contribution in [0, 0.1) is 10.1 Å². The van der Waals surface area contributed by atoms with Gasteiger partial charge in [-0.3, -0.25) is 10.1 Å². The zero-order valence-corrected chi connectivity index (χ0v) is 10.2. The van der Waals surface area contributed by atoms with E-state index in [4.69, 9.17) is 5.11 Å². The molecule has 2 N–H and O–H groups in total. The average Bonchev–Trinajstić information content (AvgIpc) is 2.61. The minimum atomic E-state index is -0.382. The summed E-state index contributed by atoms with van der Waals surface area (Å²) in [5, 5.41) is 24.8. The SMILES string of the molecule is CC(O)CC(C)NCc1csc([N+](=O)[O-])c1. The van der Waals surface area contributed by atoms with E-state index in [-0.39, 0.29) is 22.1 Å². The van der Waals surface area contributed by atoms with Crippen LogP contribution in [-0.2, 0) is 6.54 Å². The third-order valence-electron chi connectivity index (χ3n) is 2.17. The lowest BCUT2D eigenvalue weighted by molar-refractivity contribution is -0.380. The van der Waals surface area contributed by atoms with Crippen molar-refractivity contribution < 1.29 is 10.0 Å². The van der Waals surface area contributed by atoms with Crippen LogP contribution < -0.4 is 5.32 Å². The number of hydrogen-bond donors (Lipinski definition) is 2. The highest BCUT2D eigenvalue weighted by atomic mass is 32.1. The van der Waals surface area contributed by atoms with E-state index in [2.05, 4.69) is 5.32 Å². The summed E-state index contributed by atoms with van der Waals surface area (Å²) in [5.74, 6) is 0. The highest BCUT2D eigenvalue weighted by Crippen LogP contribution is 2.22. The second-order valence-electron chi connectivity index (χ2n) is 3.92. The molecule has 1 rings (SSSR count). The van der Waals surface area contributed by atoms with Crippen molar-refractivity contribution in [3.8, 4) is 0 Å². The standard InChI is InChI=1S/C10H16N2O3S/c1-7(3-8(2)13)11-5-9-4-10(12(14)15)16-6-9/h4,6-8,11,13H,3,5H2,1-2H3. The molecule has 0 aromatic carbocycles. The van der Waals surface area contributed by atoms with Crippen LogP contribution in [0.1, 0.15) is 25.8 Å². The summed E-state index contributed by atoms with van der Waals surface area (Å²) in [5.41, 5.74) is 0.911. The summed E-state index contributed by atoms with van der Waals surface area (Å²) < 4.78 is 0. The molecule has 0 amide bonds. The predicted molar refractivity (Wildman–Crippen MR) is 63.6 cm³/mol. The Balaban J connectivity index is 2.39. The van der Waals surface area contributed by atoms with Gasteiger partial charge in [0.15, 0.2) is 0 Å². The van der Waals surface area contributed by atoms with Gasteiger partial charge in [0.25, 0.3) is 0 Å². The lowest BCUT2D eigenvalue weighted by Crippen LogP contribution is -2.28. The van der Waals surface area contributed by atoms with Crippen molar-refractivity contribution in [3.63, 3.8) is 0 Å². The lowest BCUT2D eigenvalue weighted by atomic mass is 10.1. The molecule has 2 unspecified atom stereocenters. The fraction of sp³-hybridized carbons (Fsp3) is 0.600. The third kappa shape index (κ3) is 4.26. The Bertz CT molecular complexity index is 352. The van der Waals surface area contributed by atoms with Crippen LogP contribution in [0.5, 0.6) is 0 Å². The minimum Gasteiger partial charge on any atom is -0.393 e. The second kappa shape index (κ2) is 5.93. The van der Waals surface area contributed by atoms with Gasteiger partial charge >= 0.3 is 5.00 Å². The Morgan fingerprint density at radius 3 is 2.81 bits per heavy atom. The number of nitrogens with one attached hydrogen (secondary N) is 1. The van der Waals surface area contributed by atoms with Crippen molar-refractivity contribution in [1.82, 2.24) is 5.32 Å². The van der Waals surface area contributed by atoms with Gasteiger partial charge in [0, 0.05) is 24.0 Å². The van der Waals surface area contributed by atoms with Crippen LogP contribution in [-0.4, -0.2) is 22.2 Å². The second-order valence-corrected chi connectivity index (χ2v) is 4.81. The van der Waals surface area contributed by atoms with Gasteiger partial charge in [-0.05, 0) is 25.8 Å². The van der Waals surface area contributed by atoms with E-state index in [9.17, 15) is 10.1 Å². The average molecular weight is 244 g/mol. The Morgan fingerprint density at radius 2 is 2.31 bits per heavy atom. The van der Waals surface area contributed by atoms with Crippen LogP contribution in [0.25, 0.3) is 0 Å². The molecule has 6 heteroatoms. The number of rotatable bonds is 6. The number of hydrogen-bond acceptors (Lipinski definition) is 5. The highest BCUT2D eigenvalue weighted by molar-refractivity contribution is 7.13. The normalized spacial score (nSPS) is 14.7. The first-order valence-corrected chi connectivity index (χ1v) is 6.00. The molecule has 0 saturated heterocycles. The number of thiophene rings is 1. The number of nitrogens with zero attached hydrogens (tertiary/aromatic N) is 1. The molecule has 0 aliphatic heterocycles. The largest absolute Gasteiger partial charge is 0.393 e. The van der Waals surface area contributed by atoms with Gasteiger partial charge in [-0.15, -0.1) is 0 Å². The number of aliphatic hydroxyl groups excluding tert-OH is 1. The summed E-state index contributed by atoms with van der Waals surface area (Å²) in [7, 11) is 0. The highest BCUT2D eigenvalue weighted by Gasteiger charge is 2.10. The van der Waals surface area contributed by atoms with Crippen molar-refractivity contribution in [2.45, 2.75) is 39.0 Å². The van der Waals surface area contributed by atoms with E-state index < -0.39 is 0 Å². The van der Waals surface area contributed by atoms with E-state index in [1.54, 1.807) is 18.4 Å². The maximum atomic E-state index is 10.5. The maximum Gasteiger partial charge on any atom is 0.324 e. The lowest BCUT2D eigenvalue weighted by Gasteiger charge is -2.14. The molecule has 1 heterocycles. The molecule has 0 bridgehead atoms. The van der Waals surface area contributed by atoms with Crippen molar-refractivity contribution >= 4 is 16.3 Å². The molecule has 0 spiro atoms. The number of nitro groups is 1. The molecule has 1 aromatic rings. The molecule has 90 valence electrons. The van der Waals surface area contributed by atoms with Crippen molar-refractivity contribution in [2.24, 2.45) is 0 Å². The molecule has 0 radical (unpaired) electrons. The van der Waals surface area contributed by atoms with Crippen molar-refractivity contribution in [2.75, 3.05) is 0 Å². The van der Waals surface area contributed by atoms with E-state index in [1.807, 2.05) is 6.92 Å². The van der Waals surface area contributed by atoms with Gasteiger partial charge in [0.05, 0.1) is 11.0 Å². The Hall–Kier alpha value is -0.980. The molecule has 0 saturated carbocycles. The topological polar surface area (TPSA) is 75.4 Å². The maximum absolute atomic E-state index is 10.5. The smallest absolute Gasteiger partial charge is 0.324 e. The summed E-state index contributed by atoms with van der Waals surface area (Å²) in [4.78, 5) is 10.1. The van der Waals surface area contributed by atoms with Gasteiger partial charge in [-0.1, -0.05) is 11.3 Å². The quantitative estimate of drug-likeness (QED) is 0.592. The molecule has 0 aliphatic rings. The van der Waals surface area contributed by atoms with Crippen LogP contribution in [0.15, 0.2) is 11.4 Å². The van der Waals surface area contributed by atoms with Crippen LogP contribution >= 0.6 is 11.3 Å². The van der Waals surface area contributed by atoms with Gasteiger partial charge in [0.2, 0.25) is 0 Å². The molecule has 16 heavy (non-hydrogen) atoms. The number of aliphatic hydroxyl groups is 1. The summed E-state index contributed by atoms with van der Waals surface area (Å²) in [6, 6.07) is 1.77. The first-order valence-electron chi connectivity index (χ1n) is 5.12. The first-order chi connectivity index (χ1) is 7.49. The summed E-state index contributed by atoms with van der Waals surface area (Å²) >= 11 is 1.13. The zero-order valence-electron chi connectivity index (χ0n) is 9.34. The Labute approximate surface area is 98.3 Å². The fourth-order valence-electron chi connectivity index (χ4n) is 1.44. The molecule has 2 atom stereocenters. The van der Waals surface area contributed by atoms with Gasteiger partial charge < -0.3 is 10.4 Å². The third-order valence-corrected chi connectivity index (χ3v) is 3.10. The molecular formula is C10H16N2O3S. The van der Waals surface area contributed by atoms with Crippen LogP contribution in [0.3, 0.4) is 0 Å². The molecule has 1 aromatic heterocycles. The van der Waals surface area contributed by atoms with Crippen LogP contribution in [0.2, 0.25) is 0 Å². The minimum absolute atomic E-state index is 0.167. The van der Waals surface area contributed by atoms with Gasteiger partial charge in [-0.25, -0.2) is 0 Å². The predicted octanol–water partition coefficient (Wildman–Crippen LogP) is 1.91. The summed E-state index contributed by atoms with van der Waals surface area (Å²) in [6.07, 6.45) is 0.339. The molecule has 0 fully saturated rings. The first kappa shape index (κ1) is 13.1. The molecule has 5 nitrogen and oxygen atoms in total. The van der Waals surface area contributed by atoms with Crippen LogP contribution in [0.4, 0.5) is 5.00 Å². The van der Waals surface area contributed by atoms with Gasteiger partial charge in [-0.2, -0.15) is 0 Å². The summed E-state index contributed by atoms with van der Waals surface area (Å²) in [6.45, 7) is 4.32. The molecular weight excluding hydrogens is 228 g/mol. The fourth-order valence-corrected chi connectivity index (χ4v) is 2.17. The van der Waals surface area contributed by atoms with Crippen molar-refractivity contribution in [3.05, 3.63) is 27.1 Å². The molecule has 0 aliphatic carbocycles. The Morgan fingerprint density at radius 1 is 1.62 bits per heavy atom. The van der Waals surface area contributed by atoms with Gasteiger partial charge in [0.1, 0.15) is 0 Å². The van der Waals surface area contributed by atoms with E-state index in [0.29, 0.717) is 13.0 Å². The Kier molecular flexibility index (Phi) is 4.85. The van der Waals surface area contributed by atoms with E-state index >= 15 is 0 Å².